The number of carbonyl (C=O) groups excluding carboxylic acids is 1. The van der Waals surface area contributed by atoms with Gasteiger partial charge in [0.05, 0.1) is 12.1 Å². The third-order valence-corrected chi connectivity index (χ3v) is 2.88. The topological polar surface area (TPSA) is 58.6 Å². The molecule has 1 aliphatic heterocycles. The Kier molecular flexibility index (Phi) is 4.84. The summed E-state index contributed by atoms with van der Waals surface area (Å²) in [6.45, 7) is 1.20. The van der Waals surface area contributed by atoms with Crippen LogP contribution < -0.4 is 5.32 Å². The van der Waals surface area contributed by atoms with Gasteiger partial charge >= 0.3 is 0 Å². The van der Waals surface area contributed by atoms with Crippen molar-refractivity contribution in [1.82, 2.24) is 5.32 Å². The molecule has 0 bridgehead atoms. The van der Waals surface area contributed by atoms with E-state index in [1.54, 1.807) is 0 Å². The Morgan fingerprint density at radius 3 is 2.64 bits per heavy atom. The lowest BCUT2D eigenvalue weighted by Crippen LogP contribution is -2.54. The first-order valence-corrected chi connectivity index (χ1v) is 5.90. The standard InChI is InChI=1S/C9H16BrNO3/c10-4-1-8(13)11-9(7-12)2-5-14-6-3-9/h12H,1-7H2,(H,11,13). The third-order valence-electron chi connectivity index (χ3n) is 2.48. The second-order valence-electron chi connectivity index (χ2n) is 3.54. The molecule has 0 radical (unpaired) electrons. The van der Waals surface area contributed by atoms with Gasteiger partial charge in [-0.15, -0.1) is 0 Å². The van der Waals surface area contributed by atoms with Crippen molar-refractivity contribution in [3.63, 3.8) is 0 Å². The van der Waals surface area contributed by atoms with E-state index in [4.69, 9.17) is 4.74 Å². The molecule has 0 atom stereocenters. The summed E-state index contributed by atoms with van der Waals surface area (Å²) in [5.74, 6) is -0.0159. The van der Waals surface area contributed by atoms with Gasteiger partial charge in [0, 0.05) is 25.0 Å². The molecule has 4 nitrogen and oxygen atoms in total. The third kappa shape index (κ3) is 3.22. The number of aliphatic hydroxyl groups excluding tert-OH is 1. The molecule has 0 aromatic heterocycles. The summed E-state index contributed by atoms with van der Waals surface area (Å²) in [5.41, 5.74) is -0.447. The van der Waals surface area contributed by atoms with Crippen LogP contribution >= 0.6 is 15.9 Å². The number of halogens is 1. The minimum atomic E-state index is -0.447. The Balaban J connectivity index is 2.47. The van der Waals surface area contributed by atoms with Crippen LogP contribution in [0.1, 0.15) is 19.3 Å². The number of amides is 1. The average Bonchev–Trinajstić information content (AvgIpc) is 2.19. The molecule has 0 spiro atoms. The Morgan fingerprint density at radius 1 is 1.50 bits per heavy atom. The van der Waals surface area contributed by atoms with Gasteiger partial charge in [0.1, 0.15) is 0 Å². The van der Waals surface area contributed by atoms with Crippen molar-refractivity contribution in [2.24, 2.45) is 0 Å². The zero-order valence-electron chi connectivity index (χ0n) is 8.09. The summed E-state index contributed by atoms with van der Waals surface area (Å²) in [6, 6.07) is 0. The number of hydrogen-bond acceptors (Lipinski definition) is 3. The van der Waals surface area contributed by atoms with E-state index < -0.39 is 5.54 Å². The van der Waals surface area contributed by atoms with Gasteiger partial charge in [0.25, 0.3) is 0 Å². The fourth-order valence-corrected chi connectivity index (χ4v) is 1.89. The van der Waals surface area contributed by atoms with Crippen LogP contribution in [0.25, 0.3) is 0 Å². The molecule has 14 heavy (non-hydrogen) atoms. The molecule has 1 amide bonds. The van der Waals surface area contributed by atoms with E-state index in [1.807, 2.05) is 0 Å². The Hall–Kier alpha value is -0.130. The number of hydrogen-bond donors (Lipinski definition) is 2. The highest BCUT2D eigenvalue weighted by atomic mass is 79.9. The Labute approximate surface area is 92.1 Å². The van der Waals surface area contributed by atoms with Crippen molar-refractivity contribution in [3.8, 4) is 0 Å². The minimum absolute atomic E-state index is 0.00954. The van der Waals surface area contributed by atoms with E-state index in [9.17, 15) is 9.90 Å². The molecule has 82 valence electrons. The molecule has 1 fully saturated rings. The Morgan fingerprint density at radius 2 is 2.14 bits per heavy atom. The van der Waals surface area contributed by atoms with E-state index in [0.717, 1.165) is 0 Å². The maximum absolute atomic E-state index is 11.4. The number of carbonyl (C=O) groups is 1. The van der Waals surface area contributed by atoms with Gasteiger partial charge in [0.2, 0.25) is 5.91 Å². The van der Waals surface area contributed by atoms with Crippen LogP contribution in [-0.4, -0.2) is 41.7 Å². The van der Waals surface area contributed by atoms with Crippen LogP contribution in [-0.2, 0) is 9.53 Å². The van der Waals surface area contributed by atoms with Crippen LogP contribution in [0.2, 0.25) is 0 Å². The molecule has 1 rings (SSSR count). The average molecular weight is 266 g/mol. The summed E-state index contributed by atoms with van der Waals surface area (Å²) < 4.78 is 5.20. The molecule has 0 saturated carbocycles. The molecular weight excluding hydrogens is 250 g/mol. The van der Waals surface area contributed by atoms with Crippen molar-refractivity contribution < 1.29 is 14.6 Å². The molecule has 1 aliphatic rings. The number of aliphatic hydroxyl groups is 1. The van der Waals surface area contributed by atoms with Crippen LogP contribution in [0.5, 0.6) is 0 Å². The normalized spacial score (nSPS) is 20.4. The van der Waals surface area contributed by atoms with E-state index in [0.29, 0.717) is 37.8 Å². The molecular formula is C9H16BrNO3. The lowest BCUT2D eigenvalue weighted by atomic mass is 9.91. The molecule has 1 saturated heterocycles. The fourth-order valence-electron chi connectivity index (χ4n) is 1.53. The fraction of sp³-hybridized carbons (Fsp3) is 0.889. The van der Waals surface area contributed by atoms with E-state index in [1.165, 1.54) is 0 Å². The second-order valence-corrected chi connectivity index (χ2v) is 4.33. The van der Waals surface area contributed by atoms with Crippen LogP contribution in [0.3, 0.4) is 0 Å². The first-order valence-electron chi connectivity index (χ1n) is 4.78. The van der Waals surface area contributed by atoms with Gasteiger partial charge in [-0.2, -0.15) is 0 Å². The molecule has 2 N–H and O–H groups in total. The monoisotopic (exact) mass is 265 g/mol. The van der Waals surface area contributed by atoms with Crippen molar-refractivity contribution in [2.45, 2.75) is 24.8 Å². The molecule has 0 unspecified atom stereocenters. The highest BCUT2D eigenvalue weighted by Gasteiger charge is 2.33. The number of ether oxygens (including phenoxy) is 1. The van der Waals surface area contributed by atoms with E-state index >= 15 is 0 Å². The minimum Gasteiger partial charge on any atom is -0.394 e. The van der Waals surface area contributed by atoms with Gasteiger partial charge in [0.15, 0.2) is 0 Å². The lowest BCUT2D eigenvalue weighted by molar-refractivity contribution is -0.124. The van der Waals surface area contributed by atoms with Crippen molar-refractivity contribution in [3.05, 3.63) is 0 Å². The molecule has 1 heterocycles. The molecule has 0 aromatic carbocycles. The number of nitrogens with one attached hydrogen (secondary N) is 1. The van der Waals surface area contributed by atoms with Crippen molar-refractivity contribution in [1.29, 1.82) is 0 Å². The highest BCUT2D eigenvalue weighted by Crippen LogP contribution is 2.20. The first-order chi connectivity index (χ1) is 6.72. The number of rotatable bonds is 4. The summed E-state index contributed by atoms with van der Waals surface area (Å²) in [6.07, 6.45) is 1.83. The van der Waals surface area contributed by atoms with E-state index in [-0.39, 0.29) is 12.5 Å². The van der Waals surface area contributed by atoms with E-state index in [2.05, 4.69) is 21.2 Å². The lowest BCUT2D eigenvalue weighted by Gasteiger charge is -2.36. The quantitative estimate of drug-likeness (QED) is 0.725. The van der Waals surface area contributed by atoms with Crippen molar-refractivity contribution >= 4 is 21.8 Å². The van der Waals surface area contributed by atoms with Crippen LogP contribution in [0.15, 0.2) is 0 Å². The van der Waals surface area contributed by atoms with Gasteiger partial charge in [-0.25, -0.2) is 0 Å². The maximum Gasteiger partial charge on any atom is 0.221 e. The van der Waals surface area contributed by atoms with Gasteiger partial charge < -0.3 is 15.2 Å². The zero-order chi connectivity index (χ0) is 10.4. The van der Waals surface area contributed by atoms with Crippen molar-refractivity contribution in [2.75, 3.05) is 25.2 Å². The molecule has 5 heteroatoms. The second kappa shape index (κ2) is 5.68. The summed E-state index contributed by atoms with van der Waals surface area (Å²) in [7, 11) is 0. The molecule has 0 aromatic rings. The maximum atomic E-state index is 11.4. The summed E-state index contributed by atoms with van der Waals surface area (Å²) in [5, 5.41) is 12.8. The zero-order valence-corrected chi connectivity index (χ0v) is 9.68. The number of alkyl halides is 1. The summed E-state index contributed by atoms with van der Waals surface area (Å²) in [4.78, 5) is 11.4. The van der Waals surface area contributed by atoms with Gasteiger partial charge in [-0.3, -0.25) is 4.79 Å². The predicted molar refractivity (Wildman–Crippen MR) is 56.4 cm³/mol. The molecule has 0 aliphatic carbocycles. The predicted octanol–water partition coefficient (Wildman–Crippen LogP) is 0.429. The highest BCUT2D eigenvalue weighted by molar-refractivity contribution is 9.09. The smallest absolute Gasteiger partial charge is 0.221 e. The summed E-state index contributed by atoms with van der Waals surface area (Å²) >= 11 is 3.21. The largest absolute Gasteiger partial charge is 0.394 e. The Bertz CT molecular complexity index is 192. The SMILES string of the molecule is O=C(CCBr)NC1(CO)CCOCC1. The van der Waals surface area contributed by atoms with Crippen LogP contribution in [0, 0.1) is 0 Å². The van der Waals surface area contributed by atoms with Gasteiger partial charge in [-0.05, 0) is 12.8 Å². The first kappa shape index (κ1) is 11.9. The van der Waals surface area contributed by atoms with Gasteiger partial charge in [-0.1, -0.05) is 15.9 Å². The van der Waals surface area contributed by atoms with Crippen LogP contribution in [0.4, 0.5) is 0 Å².